The molecule has 3 N–H and O–H groups in total. The molecule has 16 heavy (non-hydrogen) atoms. The molecule has 1 rings (SSSR count). The highest BCUT2D eigenvalue weighted by molar-refractivity contribution is 6.31. The molecule has 0 radical (unpaired) electrons. The molecule has 0 spiro atoms. The largest absolute Gasteiger partial charge is 0.271 e. The van der Waals surface area contributed by atoms with E-state index in [4.69, 9.17) is 17.4 Å². The summed E-state index contributed by atoms with van der Waals surface area (Å²) >= 11 is 6.05. The molecule has 4 heteroatoms. The Kier molecular flexibility index (Phi) is 5.19. The molecule has 0 saturated carbocycles. The molecule has 0 bridgehead atoms. The molecule has 0 amide bonds. The summed E-state index contributed by atoms with van der Waals surface area (Å²) in [6.07, 6.45) is 2.08. The van der Waals surface area contributed by atoms with Gasteiger partial charge in [0, 0.05) is 5.02 Å². The van der Waals surface area contributed by atoms with Crippen molar-refractivity contribution in [3.8, 4) is 0 Å². The topological polar surface area (TPSA) is 38.0 Å². The van der Waals surface area contributed by atoms with Crippen LogP contribution in [0, 0.1) is 11.7 Å². The molecule has 0 aliphatic carbocycles. The molecule has 90 valence electrons. The van der Waals surface area contributed by atoms with Crippen LogP contribution in [0.2, 0.25) is 5.02 Å². The smallest absolute Gasteiger partial charge is 0.123 e. The van der Waals surface area contributed by atoms with Crippen LogP contribution in [-0.4, -0.2) is 0 Å². The van der Waals surface area contributed by atoms with Crippen LogP contribution in [0.25, 0.3) is 0 Å². The van der Waals surface area contributed by atoms with Crippen LogP contribution < -0.4 is 11.3 Å². The van der Waals surface area contributed by atoms with Gasteiger partial charge in [0.05, 0.1) is 6.04 Å². The highest BCUT2D eigenvalue weighted by Crippen LogP contribution is 2.30. The Bertz CT molecular complexity index is 344. The molecule has 2 unspecified atom stereocenters. The van der Waals surface area contributed by atoms with Crippen LogP contribution in [0.3, 0.4) is 0 Å². The first-order valence-electron chi connectivity index (χ1n) is 5.51. The van der Waals surface area contributed by atoms with Crippen molar-refractivity contribution in [2.45, 2.75) is 32.7 Å². The van der Waals surface area contributed by atoms with Crippen molar-refractivity contribution in [3.05, 3.63) is 34.6 Å². The molecule has 0 fully saturated rings. The van der Waals surface area contributed by atoms with E-state index >= 15 is 0 Å². The zero-order valence-electron chi connectivity index (χ0n) is 9.63. The van der Waals surface area contributed by atoms with Gasteiger partial charge in [0.15, 0.2) is 0 Å². The summed E-state index contributed by atoms with van der Waals surface area (Å²) in [5.41, 5.74) is 3.45. The van der Waals surface area contributed by atoms with E-state index in [1.165, 1.54) is 12.1 Å². The zero-order chi connectivity index (χ0) is 12.1. The van der Waals surface area contributed by atoms with Gasteiger partial charge in [0.2, 0.25) is 0 Å². The molecule has 0 aromatic heterocycles. The van der Waals surface area contributed by atoms with E-state index in [1.54, 1.807) is 6.07 Å². The lowest BCUT2D eigenvalue weighted by molar-refractivity contribution is 0.367. The lowest BCUT2D eigenvalue weighted by Crippen LogP contribution is -2.32. The first-order valence-corrected chi connectivity index (χ1v) is 5.89. The van der Waals surface area contributed by atoms with E-state index in [2.05, 4.69) is 19.3 Å². The van der Waals surface area contributed by atoms with Crippen molar-refractivity contribution >= 4 is 11.6 Å². The van der Waals surface area contributed by atoms with Crippen molar-refractivity contribution in [3.63, 3.8) is 0 Å². The van der Waals surface area contributed by atoms with Gasteiger partial charge in [0.25, 0.3) is 0 Å². The molecule has 1 aromatic carbocycles. The second-order valence-electron chi connectivity index (χ2n) is 4.08. The Labute approximate surface area is 101 Å². The number of benzene rings is 1. The lowest BCUT2D eigenvalue weighted by atomic mass is 9.91. The number of rotatable bonds is 5. The maximum atomic E-state index is 13.2. The maximum absolute atomic E-state index is 13.2. The van der Waals surface area contributed by atoms with Gasteiger partial charge in [-0.15, -0.1) is 0 Å². The summed E-state index contributed by atoms with van der Waals surface area (Å²) in [6, 6.07) is 4.25. The van der Waals surface area contributed by atoms with Crippen LogP contribution in [-0.2, 0) is 0 Å². The fraction of sp³-hybridized carbons (Fsp3) is 0.500. The fourth-order valence-corrected chi connectivity index (χ4v) is 2.17. The Morgan fingerprint density at radius 3 is 2.75 bits per heavy atom. The number of halogens is 2. The Hall–Kier alpha value is -0.640. The van der Waals surface area contributed by atoms with E-state index in [0.717, 1.165) is 18.4 Å². The molecular formula is C12H18ClFN2. The van der Waals surface area contributed by atoms with Gasteiger partial charge in [0.1, 0.15) is 5.82 Å². The van der Waals surface area contributed by atoms with Gasteiger partial charge >= 0.3 is 0 Å². The predicted octanol–water partition coefficient (Wildman–Crippen LogP) is 3.42. The highest BCUT2D eigenvalue weighted by atomic mass is 35.5. The molecular weight excluding hydrogens is 227 g/mol. The van der Waals surface area contributed by atoms with Crippen molar-refractivity contribution < 1.29 is 4.39 Å². The van der Waals surface area contributed by atoms with E-state index < -0.39 is 0 Å². The number of hydrazine groups is 1. The standard InChI is InChI=1S/C12H18ClFN2/c1-3-4-8(2)12(16-15)10-7-9(14)5-6-11(10)13/h5-8,12,16H,3-4,15H2,1-2H3. The lowest BCUT2D eigenvalue weighted by Gasteiger charge is -2.24. The average molecular weight is 245 g/mol. The third-order valence-corrected chi connectivity index (χ3v) is 3.13. The maximum Gasteiger partial charge on any atom is 0.123 e. The van der Waals surface area contributed by atoms with E-state index in [1.807, 2.05) is 0 Å². The van der Waals surface area contributed by atoms with Crippen LogP contribution in [0.5, 0.6) is 0 Å². The van der Waals surface area contributed by atoms with Crippen LogP contribution in [0.4, 0.5) is 4.39 Å². The third kappa shape index (κ3) is 3.17. The second-order valence-corrected chi connectivity index (χ2v) is 4.48. The highest BCUT2D eigenvalue weighted by Gasteiger charge is 2.20. The van der Waals surface area contributed by atoms with Gasteiger partial charge < -0.3 is 0 Å². The average Bonchev–Trinajstić information content (AvgIpc) is 2.24. The number of hydrogen-bond acceptors (Lipinski definition) is 2. The van der Waals surface area contributed by atoms with Crippen LogP contribution in [0.15, 0.2) is 18.2 Å². The van der Waals surface area contributed by atoms with E-state index in [9.17, 15) is 4.39 Å². The first kappa shape index (κ1) is 13.4. The van der Waals surface area contributed by atoms with Crippen molar-refractivity contribution in [1.29, 1.82) is 0 Å². The Balaban J connectivity index is 2.98. The summed E-state index contributed by atoms with van der Waals surface area (Å²) in [5, 5.41) is 0.548. The molecule has 2 atom stereocenters. The van der Waals surface area contributed by atoms with Crippen LogP contribution >= 0.6 is 11.6 Å². The summed E-state index contributed by atoms with van der Waals surface area (Å²) in [5.74, 6) is 5.55. The minimum atomic E-state index is -0.289. The van der Waals surface area contributed by atoms with Gasteiger partial charge in [-0.2, -0.15) is 0 Å². The van der Waals surface area contributed by atoms with E-state index in [0.29, 0.717) is 10.9 Å². The number of hydrogen-bond donors (Lipinski definition) is 2. The molecule has 0 aliphatic heterocycles. The summed E-state index contributed by atoms with van der Waals surface area (Å²) < 4.78 is 13.2. The van der Waals surface area contributed by atoms with Gasteiger partial charge in [-0.1, -0.05) is 31.9 Å². The molecule has 0 aliphatic rings. The second kappa shape index (κ2) is 6.18. The SMILES string of the molecule is CCCC(C)C(NN)c1cc(F)ccc1Cl. The molecule has 2 nitrogen and oxygen atoms in total. The fourth-order valence-electron chi connectivity index (χ4n) is 1.94. The van der Waals surface area contributed by atoms with Crippen LogP contribution in [0.1, 0.15) is 38.3 Å². The first-order chi connectivity index (χ1) is 7.60. The van der Waals surface area contributed by atoms with Crippen molar-refractivity contribution in [1.82, 2.24) is 5.43 Å². The monoisotopic (exact) mass is 244 g/mol. The van der Waals surface area contributed by atoms with Crippen molar-refractivity contribution in [2.24, 2.45) is 11.8 Å². The summed E-state index contributed by atoms with van der Waals surface area (Å²) in [7, 11) is 0. The predicted molar refractivity (Wildman–Crippen MR) is 65.5 cm³/mol. The molecule has 0 saturated heterocycles. The number of nitrogens with two attached hydrogens (primary N) is 1. The summed E-state index contributed by atoms with van der Waals surface area (Å²) in [4.78, 5) is 0. The molecule has 0 heterocycles. The Morgan fingerprint density at radius 2 is 2.19 bits per heavy atom. The van der Waals surface area contributed by atoms with Gasteiger partial charge in [-0.25, -0.2) is 4.39 Å². The minimum absolute atomic E-state index is 0.108. The van der Waals surface area contributed by atoms with Gasteiger partial charge in [-0.3, -0.25) is 11.3 Å². The Morgan fingerprint density at radius 1 is 1.50 bits per heavy atom. The van der Waals surface area contributed by atoms with E-state index in [-0.39, 0.29) is 11.9 Å². The third-order valence-electron chi connectivity index (χ3n) is 2.79. The quantitative estimate of drug-likeness (QED) is 0.615. The minimum Gasteiger partial charge on any atom is -0.271 e. The summed E-state index contributed by atoms with van der Waals surface area (Å²) in [6.45, 7) is 4.19. The number of nitrogens with one attached hydrogen (secondary N) is 1. The molecule has 1 aromatic rings. The van der Waals surface area contributed by atoms with Gasteiger partial charge in [-0.05, 0) is 36.1 Å². The zero-order valence-corrected chi connectivity index (χ0v) is 10.4. The van der Waals surface area contributed by atoms with Crippen molar-refractivity contribution in [2.75, 3.05) is 0 Å². The normalized spacial score (nSPS) is 14.8.